The van der Waals surface area contributed by atoms with E-state index in [0.29, 0.717) is 11.5 Å². The number of rotatable bonds is 6. The Morgan fingerprint density at radius 1 is 1.33 bits per heavy atom. The molecule has 0 aromatic heterocycles. The van der Waals surface area contributed by atoms with E-state index < -0.39 is 6.10 Å². The van der Waals surface area contributed by atoms with Gasteiger partial charge in [0.2, 0.25) is 0 Å². The van der Waals surface area contributed by atoms with E-state index in [1.54, 1.807) is 26.2 Å². The fraction of sp³-hybridized carbons (Fsp3) is 0.500. The highest BCUT2D eigenvalue weighted by Crippen LogP contribution is 2.19. The van der Waals surface area contributed by atoms with Crippen LogP contribution in [0.15, 0.2) is 24.3 Å². The zero-order chi connectivity index (χ0) is 13.5. The van der Waals surface area contributed by atoms with Crippen molar-refractivity contribution >= 4 is 5.91 Å². The molecule has 4 heteroatoms. The van der Waals surface area contributed by atoms with Gasteiger partial charge in [-0.3, -0.25) is 4.79 Å². The number of methoxy groups -OCH3 is 1. The SMILES string of the molecule is CCC(C)NC(=O)C(C)Oc1cccc(OC)c1. The van der Waals surface area contributed by atoms with Crippen molar-refractivity contribution in [3.8, 4) is 11.5 Å². The van der Waals surface area contributed by atoms with E-state index in [1.165, 1.54) is 0 Å². The molecule has 0 saturated heterocycles. The van der Waals surface area contributed by atoms with E-state index in [0.717, 1.165) is 6.42 Å². The maximum atomic E-state index is 11.8. The van der Waals surface area contributed by atoms with Crippen LogP contribution in [0.25, 0.3) is 0 Å². The third kappa shape index (κ3) is 4.28. The van der Waals surface area contributed by atoms with Crippen molar-refractivity contribution in [1.29, 1.82) is 0 Å². The lowest BCUT2D eigenvalue weighted by molar-refractivity contribution is -0.127. The van der Waals surface area contributed by atoms with Crippen molar-refractivity contribution < 1.29 is 14.3 Å². The molecule has 1 aromatic rings. The smallest absolute Gasteiger partial charge is 0.260 e. The molecule has 100 valence electrons. The van der Waals surface area contributed by atoms with Gasteiger partial charge in [0, 0.05) is 12.1 Å². The highest BCUT2D eigenvalue weighted by atomic mass is 16.5. The maximum absolute atomic E-state index is 11.8. The fourth-order valence-corrected chi connectivity index (χ4v) is 1.39. The first-order valence-electron chi connectivity index (χ1n) is 6.18. The van der Waals surface area contributed by atoms with Crippen LogP contribution in [0.5, 0.6) is 11.5 Å². The van der Waals surface area contributed by atoms with Gasteiger partial charge in [0.05, 0.1) is 7.11 Å². The monoisotopic (exact) mass is 251 g/mol. The first-order chi connectivity index (χ1) is 8.56. The maximum Gasteiger partial charge on any atom is 0.260 e. The van der Waals surface area contributed by atoms with E-state index in [2.05, 4.69) is 5.32 Å². The first kappa shape index (κ1) is 14.4. The Morgan fingerprint density at radius 2 is 2.00 bits per heavy atom. The normalized spacial score (nSPS) is 13.6. The van der Waals surface area contributed by atoms with Crippen molar-refractivity contribution in [2.45, 2.75) is 39.3 Å². The van der Waals surface area contributed by atoms with Crippen molar-refractivity contribution in [2.75, 3.05) is 7.11 Å². The summed E-state index contributed by atoms with van der Waals surface area (Å²) in [7, 11) is 1.60. The Labute approximate surface area is 108 Å². The van der Waals surface area contributed by atoms with Gasteiger partial charge in [-0.05, 0) is 32.4 Å². The zero-order valence-corrected chi connectivity index (χ0v) is 11.4. The third-order valence-electron chi connectivity index (χ3n) is 2.72. The molecule has 2 atom stereocenters. The van der Waals surface area contributed by atoms with E-state index in [9.17, 15) is 4.79 Å². The molecule has 1 aromatic carbocycles. The molecule has 0 spiro atoms. The summed E-state index contributed by atoms with van der Waals surface area (Å²) in [5, 5.41) is 2.88. The van der Waals surface area contributed by atoms with Gasteiger partial charge < -0.3 is 14.8 Å². The van der Waals surface area contributed by atoms with Gasteiger partial charge in [0.15, 0.2) is 6.10 Å². The number of carbonyl (C=O) groups is 1. The van der Waals surface area contributed by atoms with Crippen LogP contribution in [0.1, 0.15) is 27.2 Å². The summed E-state index contributed by atoms with van der Waals surface area (Å²) in [6, 6.07) is 7.38. The van der Waals surface area contributed by atoms with Crippen LogP contribution in [-0.2, 0) is 4.79 Å². The lowest BCUT2D eigenvalue weighted by atomic mass is 10.2. The molecule has 18 heavy (non-hydrogen) atoms. The average molecular weight is 251 g/mol. The fourth-order valence-electron chi connectivity index (χ4n) is 1.39. The number of nitrogens with one attached hydrogen (secondary N) is 1. The minimum absolute atomic E-state index is 0.104. The summed E-state index contributed by atoms with van der Waals surface area (Å²) >= 11 is 0. The van der Waals surface area contributed by atoms with Gasteiger partial charge >= 0.3 is 0 Å². The van der Waals surface area contributed by atoms with Crippen LogP contribution in [0.4, 0.5) is 0 Å². The molecule has 0 bridgehead atoms. The van der Waals surface area contributed by atoms with Crippen LogP contribution in [-0.4, -0.2) is 25.2 Å². The van der Waals surface area contributed by atoms with Crippen LogP contribution in [0, 0.1) is 0 Å². The molecule has 2 unspecified atom stereocenters. The number of hydrogen-bond donors (Lipinski definition) is 1. The van der Waals surface area contributed by atoms with Gasteiger partial charge in [-0.15, -0.1) is 0 Å². The Kier molecular flexibility index (Phi) is 5.49. The van der Waals surface area contributed by atoms with Crippen molar-refractivity contribution in [2.24, 2.45) is 0 Å². The van der Waals surface area contributed by atoms with E-state index in [1.807, 2.05) is 26.0 Å². The van der Waals surface area contributed by atoms with E-state index in [-0.39, 0.29) is 11.9 Å². The molecule has 0 aliphatic rings. The van der Waals surface area contributed by atoms with Gasteiger partial charge in [-0.25, -0.2) is 0 Å². The molecule has 0 fully saturated rings. The molecule has 0 heterocycles. The predicted octanol–water partition coefficient (Wildman–Crippen LogP) is 2.38. The lowest BCUT2D eigenvalue weighted by Gasteiger charge is -2.18. The van der Waals surface area contributed by atoms with Gasteiger partial charge in [0.1, 0.15) is 11.5 Å². The molecule has 0 radical (unpaired) electrons. The van der Waals surface area contributed by atoms with Gasteiger partial charge in [-0.2, -0.15) is 0 Å². The number of amides is 1. The number of carbonyl (C=O) groups excluding carboxylic acids is 1. The Bertz CT molecular complexity index is 392. The first-order valence-corrected chi connectivity index (χ1v) is 6.18. The summed E-state index contributed by atoms with van der Waals surface area (Å²) in [4.78, 5) is 11.8. The molecule has 0 aliphatic heterocycles. The second kappa shape index (κ2) is 6.89. The van der Waals surface area contributed by atoms with Crippen molar-refractivity contribution in [1.82, 2.24) is 5.32 Å². The zero-order valence-electron chi connectivity index (χ0n) is 11.4. The quantitative estimate of drug-likeness (QED) is 0.844. The van der Waals surface area contributed by atoms with Crippen molar-refractivity contribution in [3.05, 3.63) is 24.3 Å². The van der Waals surface area contributed by atoms with E-state index in [4.69, 9.17) is 9.47 Å². The molecule has 1 amide bonds. The molecule has 1 rings (SSSR count). The Hall–Kier alpha value is -1.71. The Balaban J connectivity index is 2.57. The molecule has 0 aliphatic carbocycles. The molecule has 1 N–H and O–H groups in total. The second-order valence-electron chi connectivity index (χ2n) is 4.26. The largest absolute Gasteiger partial charge is 0.497 e. The van der Waals surface area contributed by atoms with Crippen molar-refractivity contribution in [3.63, 3.8) is 0 Å². The van der Waals surface area contributed by atoms with E-state index >= 15 is 0 Å². The summed E-state index contributed by atoms with van der Waals surface area (Å²) in [6.45, 7) is 5.73. The third-order valence-corrected chi connectivity index (χ3v) is 2.72. The Morgan fingerprint density at radius 3 is 2.61 bits per heavy atom. The molecular formula is C14H21NO3. The standard InChI is InChI=1S/C14H21NO3/c1-5-10(2)15-14(16)11(3)18-13-8-6-7-12(9-13)17-4/h6-11H,5H2,1-4H3,(H,15,16). The summed E-state index contributed by atoms with van der Waals surface area (Å²) in [5.74, 6) is 1.23. The summed E-state index contributed by atoms with van der Waals surface area (Å²) < 4.78 is 10.7. The summed E-state index contributed by atoms with van der Waals surface area (Å²) in [6.07, 6.45) is 0.378. The predicted molar refractivity (Wildman–Crippen MR) is 71.0 cm³/mol. The van der Waals surface area contributed by atoms with Crippen LogP contribution < -0.4 is 14.8 Å². The molecular weight excluding hydrogens is 230 g/mol. The number of hydrogen-bond acceptors (Lipinski definition) is 3. The van der Waals surface area contributed by atoms with Crippen LogP contribution >= 0.6 is 0 Å². The van der Waals surface area contributed by atoms with Gasteiger partial charge in [-0.1, -0.05) is 13.0 Å². The minimum atomic E-state index is -0.522. The average Bonchev–Trinajstić information content (AvgIpc) is 2.38. The highest BCUT2D eigenvalue weighted by Gasteiger charge is 2.16. The topological polar surface area (TPSA) is 47.6 Å². The second-order valence-corrected chi connectivity index (χ2v) is 4.26. The lowest BCUT2D eigenvalue weighted by Crippen LogP contribution is -2.40. The number of ether oxygens (including phenoxy) is 2. The van der Waals surface area contributed by atoms with Crippen LogP contribution in [0.3, 0.4) is 0 Å². The molecule has 0 saturated carbocycles. The highest BCUT2D eigenvalue weighted by molar-refractivity contribution is 5.80. The van der Waals surface area contributed by atoms with Crippen LogP contribution in [0.2, 0.25) is 0 Å². The number of benzene rings is 1. The minimum Gasteiger partial charge on any atom is -0.497 e. The molecule has 4 nitrogen and oxygen atoms in total. The summed E-state index contributed by atoms with van der Waals surface area (Å²) in [5.41, 5.74) is 0. The van der Waals surface area contributed by atoms with Gasteiger partial charge in [0.25, 0.3) is 5.91 Å².